The molecule has 1 heterocycles. The number of aromatic nitrogens is 1. The number of nitrogens with zero attached hydrogens (tertiary/aromatic N) is 1. The number of hydrogen-bond donors (Lipinski definition) is 0. The summed E-state index contributed by atoms with van der Waals surface area (Å²) >= 11 is 0. The predicted molar refractivity (Wildman–Crippen MR) is 113 cm³/mol. The van der Waals surface area contributed by atoms with Gasteiger partial charge >= 0.3 is 0 Å². The van der Waals surface area contributed by atoms with E-state index in [9.17, 15) is 0 Å². The van der Waals surface area contributed by atoms with Crippen molar-refractivity contribution < 1.29 is 0 Å². The minimum atomic E-state index is 1.01. The molecule has 0 radical (unpaired) electrons. The molecule has 0 bridgehead atoms. The highest BCUT2D eigenvalue weighted by atomic mass is 14.7. The number of pyridine rings is 1. The molecule has 27 heavy (non-hydrogen) atoms. The highest BCUT2D eigenvalue weighted by Gasteiger charge is 2.23. The van der Waals surface area contributed by atoms with Crippen LogP contribution in [0.5, 0.6) is 0 Å². The van der Waals surface area contributed by atoms with Gasteiger partial charge < -0.3 is 0 Å². The smallest absolute Gasteiger partial charge is 0.0788 e. The Morgan fingerprint density at radius 1 is 0.593 bits per heavy atom. The number of fused-ring (bicyclic) bond motifs is 7. The van der Waals surface area contributed by atoms with Crippen LogP contribution in [0.4, 0.5) is 0 Å². The molecule has 0 N–H and O–H groups in total. The van der Waals surface area contributed by atoms with Gasteiger partial charge in [-0.15, -0.1) is 0 Å². The average molecular weight is 343 g/mol. The van der Waals surface area contributed by atoms with Gasteiger partial charge in [0.2, 0.25) is 0 Å². The first-order chi connectivity index (χ1) is 13.4. The van der Waals surface area contributed by atoms with E-state index in [1.54, 1.807) is 0 Å². The Kier molecular flexibility index (Phi) is 3.00. The highest BCUT2D eigenvalue weighted by molar-refractivity contribution is 6.18. The van der Waals surface area contributed by atoms with Gasteiger partial charge in [0.15, 0.2) is 0 Å². The largest absolute Gasteiger partial charge is 0.247 e. The van der Waals surface area contributed by atoms with Crippen LogP contribution in [0.25, 0.3) is 44.1 Å². The maximum atomic E-state index is 5.06. The lowest BCUT2D eigenvalue weighted by Crippen LogP contribution is -1.92. The number of hydrogen-bond acceptors (Lipinski definition) is 1. The van der Waals surface area contributed by atoms with Crippen LogP contribution in [0.15, 0.2) is 91.0 Å². The van der Waals surface area contributed by atoms with Crippen LogP contribution in [0, 0.1) is 0 Å². The zero-order valence-corrected chi connectivity index (χ0v) is 14.8. The second-order valence-corrected chi connectivity index (χ2v) is 7.20. The maximum Gasteiger partial charge on any atom is 0.0788 e. The zero-order valence-electron chi connectivity index (χ0n) is 14.8. The molecule has 0 amide bonds. The summed E-state index contributed by atoms with van der Waals surface area (Å²) in [4.78, 5) is 5.06. The highest BCUT2D eigenvalue weighted by Crippen LogP contribution is 2.45. The number of benzene rings is 4. The van der Waals surface area contributed by atoms with Gasteiger partial charge in [0.25, 0.3) is 0 Å². The quantitative estimate of drug-likeness (QED) is 0.305. The second-order valence-electron chi connectivity index (χ2n) is 7.20. The van der Waals surface area contributed by atoms with E-state index in [4.69, 9.17) is 4.98 Å². The van der Waals surface area contributed by atoms with E-state index in [0.29, 0.717) is 0 Å². The minimum Gasteiger partial charge on any atom is -0.247 e. The molecule has 0 saturated carbocycles. The molecule has 1 aliphatic carbocycles. The molecule has 0 atom stereocenters. The fourth-order valence-corrected chi connectivity index (χ4v) is 4.48. The molecule has 0 fully saturated rings. The van der Waals surface area contributed by atoms with Gasteiger partial charge in [-0.25, -0.2) is 4.98 Å². The van der Waals surface area contributed by atoms with Crippen molar-refractivity contribution in [1.29, 1.82) is 0 Å². The van der Waals surface area contributed by atoms with Crippen molar-refractivity contribution in [3.05, 3.63) is 102 Å². The summed E-state index contributed by atoms with van der Waals surface area (Å²) in [6, 6.07) is 32.4. The monoisotopic (exact) mass is 343 g/mol. The third kappa shape index (κ3) is 2.09. The van der Waals surface area contributed by atoms with Crippen LogP contribution in [0.3, 0.4) is 0 Å². The fourth-order valence-electron chi connectivity index (χ4n) is 4.48. The molecule has 1 aliphatic rings. The Bertz CT molecular complexity index is 1330. The average Bonchev–Trinajstić information content (AvgIpc) is 3.12. The lowest BCUT2D eigenvalue weighted by atomic mass is 9.92. The third-order valence-corrected chi connectivity index (χ3v) is 5.67. The molecule has 0 saturated heterocycles. The molecule has 5 aromatic rings. The van der Waals surface area contributed by atoms with E-state index < -0.39 is 0 Å². The Balaban J connectivity index is 1.83. The van der Waals surface area contributed by atoms with Crippen molar-refractivity contribution >= 4 is 21.7 Å². The summed E-state index contributed by atoms with van der Waals surface area (Å²) in [6.07, 6.45) is 1.01. The van der Waals surface area contributed by atoms with E-state index in [0.717, 1.165) is 17.6 Å². The van der Waals surface area contributed by atoms with E-state index in [1.807, 2.05) is 0 Å². The van der Waals surface area contributed by atoms with Gasteiger partial charge in [0, 0.05) is 21.7 Å². The van der Waals surface area contributed by atoms with Gasteiger partial charge in [0.1, 0.15) is 0 Å². The zero-order chi connectivity index (χ0) is 17.8. The van der Waals surface area contributed by atoms with Crippen LogP contribution in [0.2, 0.25) is 0 Å². The van der Waals surface area contributed by atoms with Crippen molar-refractivity contribution in [2.24, 2.45) is 0 Å². The minimum absolute atomic E-state index is 1.01. The van der Waals surface area contributed by atoms with Crippen LogP contribution in [-0.2, 0) is 6.42 Å². The first-order valence-corrected chi connectivity index (χ1v) is 9.38. The number of para-hydroxylation sites is 1. The predicted octanol–water partition coefficient (Wildman–Crippen LogP) is 6.63. The van der Waals surface area contributed by atoms with Crippen molar-refractivity contribution in [2.45, 2.75) is 6.42 Å². The fraction of sp³-hybridized carbons (Fsp3) is 0.0385. The van der Waals surface area contributed by atoms with Crippen LogP contribution >= 0.6 is 0 Å². The standard InChI is InChI=1S/C26H17N/c1-2-8-17(9-3-1)26-22-15-14-19-16-18-10-4-5-11-20(18)24(19)25(22)21-12-6-7-13-23(21)27-26/h1-15H,16H2. The summed E-state index contributed by atoms with van der Waals surface area (Å²) in [7, 11) is 0. The Morgan fingerprint density at radius 3 is 2.30 bits per heavy atom. The summed E-state index contributed by atoms with van der Waals surface area (Å²) in [5, 5.41) is 3.80. The lowest BCUT2D eigenvalue weighted by Gasteiger charge is -2.14. The van der Waals surface area contributed by atoms with Gasteiger partial charge in [-0.05, 0) is 34.7 Å². The van der Waals surface area contributed by atoms with Crippen molar-refractivity contribution in [2.75, 3.05) is 0 Å². The molecule has 1 nitrogen and oxygen atoms in total. The van der Waals surface area contributed by atoms with E-state index in [-0.39, 0.29) is 0 Å². The Labute approximate surface area is 157 Å². The normalized spacial score (nSPS) is 12.3. The molecular formula is C26H17N. The van der Waals surface area contributed by atoms with Gasteiger partial charge in [0.05, 0.1) is 11.2 Å². The molecule has 0 unspecified atom stereocenters. The molecule has 1 aromatic heterocycles. The van der Waals surface area contributed by atoms with Crippen LogP contribution < -0.4 is 0 Å². The molecular weight excluding hydrogens is 326 g/mol. The molecule has 126 valence electrons. The molecule has 0 spiro atoms. The van der Waals surface area contributed by atoms with E-state index in [1.165, 1.54) is 44.0 Å². The summed E-state index contributed by atoms with van der Waals surface area (Å²) in [6.45, 7) is 0. The van der Waals surface area contributed by atoms with E-state index >= 15 is 0 Å². The van der Waals surface area contributed by atoms with Gasteiger partial charge in [-0.2, -0.15) is 0 Å². The van der Waals surface area contributed by atoms with Crippen molar-refractivity contribution in [1.82, 2.24) is 4.98 Å². The summed E-state index contributed by atoms with van der Waals surface area (Å²) in [5.74, 6) is 0. The number of rotatable bonds is 1. The topological polar surface area (TPSA) is 12.9 Å². The Hall–Kier alpha value is -3.45. The summed E-state index contributed by atoms with van der Waals surface area (Å²) < 4.78 is 0. The van der Waals surface area contributed by atoms with Gasteiger partial charge in [-0.1, -0.05) is 84.9 Å². The van der Waals surface area contributed by atoms with Crippen LogP contribution in [0.1, 0.15) is 11.1 Å². The molecule has 4 aromatic carbocycles. The molecule has 6 rings (SSSR count). The summed E-state index contributed by atoms with van der Waals surface area (Å²) in [5.41, 5.74) is 8.88. The Morgan fingerprint density at radius 2 is 1.37 bits per heavy atom. The molecule has 1 heteroatoms. The second kappa shape index (κ2) is 5.52. The SMILES string of the molecule is c1ccc(-c2nc3ccccc3c3c4c(ccc23)Cc2ccccc2-4)cc1. The van der Waals surface area contributed by atoms with E-state index in [2.05, 4.69) is 91.0 Å². The van der Waals surface area contributed by atoms with Crippen molar-refractivity contribution in [3.8, 4) is 22.4 Å². The maximum absolute atomic E-state index is 5.06. The first-order valence-electron chi connectivity index (χ1n) is 9.38. The lowest BCUT2D eigenvalue weighted by molar-refractivity contribution is 1.27. The van der Waals surface area contributed by atoms with Gasteiger partial charge in [-0.3, -0.25) is 0 Å². The van der Waals surface area contributed by atoms with Crippen LogP contribution in [-0.4, -0.2) is 4.98 Å². The first kappa shape index (κ1) is 14.7. The molecule has 0 aliphatic heterocycles. The van der Waals surface area contributed by atoms with Crippen molar-refractivity contribution in [3.63, 3.8) is 0 Å². The third-order valence-electron chi connectivity index (χ3n) is 5.67.